The molecule has 78 valence electrons. The predicted octanol–water partition coefficient (Wildman–Crippen LogP) is 3.05. The van der Waals surface area contributed by atoms with Crippen molar-refractivity contribution in [2.75, 3.05) is 7.11 Å². The molecule has 0 amide bonds. The van der Waals surface area contributed by atoms with E-state index in [-0.39, 0.29) is 17.3 Å². The van der Waals surface area contributed by atoms with Crippen LogP contribution in [0.1, 0.15) is 31.6 Å². The fourth-order valence-electron chi connectivity index (χ4n) is 1.47. The molecule has 0 spiro atoms. The Kier molecular flexibility index (Phi) is 3.32. The van der Waals surface area contributed by atoms with Crippen molar-refractivity contribution in [1.29, 1.82) is 0 Å². The fourth-order valence-corrected chi connectivity index (χ4v) is 2.53. The molecule has 0 aliphatic heterocycles. The van der Waals surface area contributed by atoms with Crippen LogP contribution >= 0.6 is 11.3 Å². The molecule has 0 aliphatic rings. The summed E-state index contributed by atoms with van der Waals surface area (Å²) in [7, 11) is 1.44. The summed E-state index contributed by atoms with van der Waals surface area (Å²) in [5, 5.41) is 1.98. The molecular formula is C11H16O2S. The monoisotopic (exact) mass is 212 g/mol. The van der Waals surface area contributed by atoms with Crippen LogP contribution in [0.25, 0.3) is 0 Å². The van der Waals surface area contributed by atoms with Crippen molar-refractivity contribution in [3.8, 4) is 0 Å². The average molecular weight is 212 g/mol. The van der Waals surface area contributed by atoms with Gasteiger partial charge in [0.1, 0.15) is 0 Å². The minimum Gasteiger partial charge on any atom is -0.469 e. The number of thiophene rings is 1. The molecule has 3 heteroatoms. The van der Waals surface area contributed by atoms with Crippen LogP contribution in [0.15, 0.2) is 17.5 Å². The molecule has 0 N–H and O–H groups in total. The molecule has 1 atom stereocenters. The summed E-state index contributed by atoms with van der Waals surface area (Å²) >= 11 is 1.60. The summed E-state index contributed by atoms with van der Waals surface area (Å²) in [5.41, 5.74) is -0.0993. The van der Waals surface area contributed by atoms with Gasteiger partial charge in [-0.15, -0.1) is 11.3 Å². The molecule has 1 heterocycles. The average Bonchev–Trinajstić information content (AvgIpc) is 2.54. The Balaban J connectivity index is 3.01. The number of esters is 1. The summed E-state index contributed by atoms with van der Waals surface area (Å²) in [6.45, 7) is 6.15. The van der Waals surface area contributed by atoms with Crippen LogP contribution in [0.4, 0.5) is 0 Å². The summed E-state index contributed by atoms with van der Waals surface area (Å²) in [4.78, 5) is 12.7. The Bertz CT molecular complexity index is 296. The first-order valence-corrected chi connectivity index (χ1v) is 5.46. The summed E-state index contributed by atoms with van der Waals surface area (Å²) in [6.07, 6.45) is 0. The smallest absolute Gasteiger partial charge is 0.314 e. The Morgan fingerprint density at radius 1 is 1.50 bits per heavy atom. The van der Waals surface area contributed by atoms with Crippen LogP contribution in [-0.2, 0) is 9.53 Å². The van der Waals surface area contributed by atoms with Crippen LogP contribution in [0.2, 0.25) is 0 Å². The van der Waals surface area contributed by atoms with Gasteiger partial charge in [0.05, 0.1) is 13.0 Å². The van der Waals surface area contributed by atoms with Gasteiger partial charge in [0.15, 0.2) is 0 Å². The van der Waals surface area contributed by atoms with E-state index in [4.69, 9.17) is 4.74 Å². The highest BCUT2D eigenvalue weighted by atomic mass is 32.1. The Labute approximate surface area is 88.9 Å². The van der Waals surface area contributed by atoms with Gasteiger partial charge in [0, 0.05) is 4.88 Å². The third-order valence-electron chi connectivity index (χ3n) is 2.13. The van der Waals surface area contributed by atoms with Crippen LogP contribution in [0, 0.1) is 5.41 Å². The van der Waals surface area contributed by atoms with E-state index in [1.165, 1.54) is 7.11 Å². The van der Waals surface area contributed by atoms with Gasteiger partial charge >= 0.3 is 5.97 Å². The predicted molar refractivity (Wildman–Crippen MR) is 58.5 cm³/mol. The van der Waals surface area contributed by atoms with E-state index in [2.05, 4.69) is 0 Å². The molecule has 0 aromatic carbocycles. The molecule has 0 fully saturated rings. The minimum absolute atomic E-state index is 0.0993. The highest BCUT2D eigenvalue weighted by molar-refractivity contribution is 7.10. The van der Waals surface area contributed by atoms with Gasteiger partial charge in [0.2, 0.25) is 0 Å². The van der Waals surface area contributed by atoms with Crippen molar-refractivity contribution in [2.45, 2.75) is 26.7 Å². The second-order valence-electron chi connectivity index (χ2n) is 4.34. The number of carbonyl (C=O) groups excluding carboxylic acids is 1. The van der Waals surface area contributed by atoms with Gasteiger partial charge in [-0.1, -0.05) is 26.8 Å². The second-order valence-corrected chi connectivity index (χ2v) is 5.32. The summed E-state index contributed by atoms with van der Waals surface area (Å²) < 4.78 is 4.83. The maximum absolute atomic E-state index is 11.6. The van der Waals surface area contributed by atoms with E-state index in [9.17, 15) is 4.79 Å². The molecule has 2 nitrogen and oxygen atoms in total. The van der Waals surface area contributed by atoms with E-state index >= 15 is 0 Å². The Morgan fingerprint density at radius 3 is 2.50 bits per heavy atom. The normalized spacial score (nSPS) is 13.7. The summed E-state index contributed by atoms with van der Waals surface area (Å²) in [5.74, 6) is -0.313. The second kappa shape index (κ2) is 4.13. The van der Waals surface area contributed by atoms with Crippen LogP contribution in [0.3, 0.4) is 0 Å². The first-order valence-electron chi connectivity index (χ1n) is 4.58. The number of ether oxygens (including phenoxy) is 1. The molecule has 0 bridgehead atoms. The first kappa shape index (κ1) is 11.2. The van der Waals surface area contributed by atoms with Crippen molar-refractivity contribution >= 4 is 17.3 Å². The Hall–Kier alpha value is -0.830. The minimum atomic E-state index is -0.160. The zero-order valence-corrected chi connectivity index (χ0v) is 9.85. The van der Waals surface area contributed by atoms with Gasteiger partial charge in [-0.05, 0) is 16.9 Å². The highest BCUT2D eigenvalue weighted by Crippen LogP contribution is 2.37. The van der Waals surface area contributed by atoms with Crippen molar-refractivity contribution in [1.82, 2.24) is 0 Å². The topological polar surface area (TPSA) is 26.3 Å². The van der Waals surface area contributed by atoms with Gasteiger partial charge in [-0.25, -0.2) is 0 Å². The molecule has 1 unspecified atom stereocenters. The number of hydrogen-bond donors (Lipinski definition) is 0. The van der Waals surface area contributed by atoms with Gasteiger partial charge < -0.3 is 4.74 Å². The van der Waals surface area contributed by atoms with Gasteiger partial charge in [-0.2, -0.15) is 0 Å². The zero-order valence-electron chi connectivity index (χ0n) is 9.03. The molecule has 0 saturated heterocycles. The lowest BCUT2D eigenvalue weighted by atomic mass is 9.80. The lowest BCUT2D eigenvalue weighted by Gasteiger charge is -2.27. The summed E-state index contributed by atoms with van der Waals surface area (Å²) in [6, 6.07) is 3.94. The highest BCUT2D eigenvalue weighted by Gasteiger charge is 2.34. The quantitative estimate of drug-likeness (QED) is 0.704. The SMILES string of the molecule is COC(=O)C(c1cccs1)C(C)(C)C. The standard InChI is InChI=1S/C11H16O2S/c1-11(2,3)9(10(12)13-4)8-6-5-7-14-8/h5-7,9H,1-4H3. The molecule has 0 radical (unpaired) electrons. The first-order chi connectivity index (χ1) is 6.46. The van der Waals surface area contributed by atoms with Crippen molar-refractivity contribution < 1.29 is 9.53 Å². The van der Waals surface area contributed by atoms with Gasteiger partial charge in [-0.3, -0.25) is 4.79 Å². The molecule has 14 heavy (non-hydrogen) atoms. The lowest BCUT2D eigenvalue weighted by molar-refractivity contribution is -0.145. The number of carbonyl (C=O) groups is 1. The maximum Gasteiger partial charge on any atom is 0.314 e. The van der Waals surface area contributed by atoms with Crippen LogP contribution in [-0.4, -0.2) is 13.1 Å². The Morgan fingerprint density at radius 2 is 2.14 bits per heavy atom. The molecular weight excluding hydrogens is 196 g/mol. The zero-order chi connectivity index (χ0) is 10.8. The number of methoxy groups -OCH3 is 1. The molecule has 0 saturated carbocycles. The molecule has 0 aliphatic carbocycles. The van der Waals surface area contributed by atoms with E-state index < -0.39 is 0 Å². The van der Waals surface area contributed by atoms with E-state index in [0.717, 1.165) is 4.88 Å². The van der Waals surface area contributed by atoms with Crippen LogP contribution < -0.4 is 0 Å². The molecule has 1 aromatic rings. The lowest BCUT2D eigenvalue weighted by Crippen LogP contribution is -2.26. The largest absolute Gasteiger partial charge is 0.469 e. The fraction of sp³-hybridized carbons (Fsp3) is 0.545. The molecule has 1 aromatic heterocycles. The van der Waals surface area contributed by atoms with Crippen molar-refractivity contribution in [3.05, 3.63) is 22.4 Å². The van der Waals surface area contributed by atoms with Crippen molar-refractivity contribution in [3.63, 3.8) is 0 Å². The number of hydrogen-bond acceptors (Lipinski definition) is 3. The van der Waals surface area contributed by atoms with Gasteiger partial charge in [0.25, 0.3) is 0 Å². The number of rotatable bonds is 2. The third-order valence-corrected chi connectivity index (χ3v) is 3.07. The van der Waals surface area contributed by atoms with Crippen LogP contribution in [0.5, 0.6) is 0 Å². The maximum atomic E-state index is 11.6. The van der Waals surface area contributed by atoms with E-state index in [1.807, 2.05) is 38.3 Å². The molecule has 1 rings (SSSR count). The third kappa shape index (κ3) is 2.35. The van der Waals surface area contributed by atoms with E-state index in [0.29, 0.717) is 0 Å². The van der Waals surface area contributed by atoms with Crippen molar-refractivity contribution in [2.24, 2.45) is 5.41 Å². The van der Waals surface area contributed by atoms with E-state index in [1.54, 1.807) is 11.3 Å².